The van der Waals surface area contributed by atoms with Crippen molar-refractivity contribution >= 4 is 15.9 Å². The van der Waals surface area contributed by atoms with Gasteiger partial charge in [0.05, 0.1) is 4.90 Å². The Labute approximate surface area is 82.0 Å². The first kappa shape index (κ1) is 9.40. The van der Waals surface area contributed by atoms with Crippen molar-refractivity contribution in [3.05, 3.63) is 34.0 Å². The maximum atomic E-state index is 13.2. The average Bonchev–Trinajstić information content (AvgIpc) is 2.28. The van der Waals surface area contributed by atoms with Gasteiger partial charge in [0, 0.05) is 4.91 Å². The largest absolute Gasteiger partial charge is 0.219 e. The standard InChI is InChI=1S/C10H9FO2S/c1-6-3-8-4-7(2)14(12,13)10(8)5-9(6)11/h3-5H,1-2H3. The summed E-state index contributed by atoms with van der Waals surface area (Å²) in [4.78, 5) is 0.357. The number of rotatable bonds is 0. The molecule has 0 amide bonds. The lowest BCUT2D eigenvalue weighted by Crippen LogP contribution is -1.99. The molecule has 1 aromatic carbocycles. The Morgan fingerprint density at radius 1 is 1.21 bits per heavy atom. The van der Waals surface area contributed by atoms with Gasteiger partial charge in [-0.1, -0.05) is 0 Å². The maximum absolute atomic E-state index is 13.2. The Bertz CT molecular complexity index is 541. The van der Waals surface area contributed by atoms with Gasteiger partial charge in [-0.05, 0) is 43.2 Å². The third kappa shape index (κ3) is 1.10. The molecule has 1 aliphatic heterocycles. The Morgan fingerprint density at radius 3 is 2.50 bits per heavy atom. The Balaban J connectivity index is 2.82. The summed E-state index contributed by atoms with van der Waals surface area (Å²) >= 11 is 0. The van der Waals surface area contributed by atoms with E-state index < -0.39 is 15.7 Å². The summed E-state index contributed by atoms with van der Waals surface area (Å²) in [5, 5.41) is 0. The molecule has 0 saturated heterocycles. The molecule has 2 nitrogen and oxygen atoms in total. The lowest BCUT2D eigenvalue weighted by molar-refractivity contribution is 0.595. The molecule has 0 spiro atoms. The van der Waals surface area contributed by atoms with Gasteiger partial charge in [-0.25, -0.2) is 12.8 Å². The summed E-state index contributed by atoms with van der Waals surface area (Å²) in [6.45, 7) is 3.13. The molecule has 0 saturated carbocycles. The first-order chi connectivity index (χ1) is 6.43. The van der Waals surface area contributed by atoms with Crippen LogP contribution >= 0.6 is 0 Å². The van der Waals surface area contributed by atoms with Crippen LogP contribution in [0, 0.1) is 12.7 Å². The predicted octanol–water partition coefficient (Wildman–Crippen LogP) is 2.28. The van der Waals surface area contributed by atoms with Crippen LogP contribution in [0.2, 0.25) is 0 Å². The lowest BCUT2D eigenvalue weighted by atomic mass is 10.1. The second kappa shape index (κ2) is 2.67. The van der Waals surface area contributed by atoms with E-state index in [9.17, 15) is 12.8 Å². The average molecular weight is 212 g/mol. The third-order valence-corrected chi connectivity index (χ3v) is 4.26. The van der Waals surface area contributed by atoms with Gasteiger partial charge >= 0.3 is 0 Å². The highest BCUT2D eigenvalue weighted by Gasteiger charge is 2.27. The van der Waals surface area contributed by atoms with Crippen LogP contribution in [-0.2, 0) is 9.84 Å². The quantitative estimate of drug-likeness (QED) is 0.661. The van der Waals surface area contributed by atoms with E-state index in [0.29, 0.717) is 11.1 Å². The van der Waals surface area contributed by atoms with Crippen molar-refractivity contribution < 1.29 is 12.8 Å². The second-order valence-corrected chi connectivity index (χ2v) is 5.49. The number of fused-ring (bicyclic) bond motifs is 1. The van der Waals surface area contributed by atoms with Crippen LogP contribution in [0.15, 0.2) is 21.9 Å². The van der Waals surface area contributed by atoms with E-state index in [1.807, 2.05) is 0 Å². The Morgan fingerprint density at radius 2 is 1.86 bits per heavy atom. The van der Waals surface area contributed by atoms with Crippen molar-refractivity contribution in [2.24, 2.45) is 0 Å². The summed E-state index contributed by atoms with van der Waals surface area (Å²) in [5.74, 6) is -0.476. The van der Waals surface area contributed by atoms with Crippen molar-refractivity contribution in [3.63, 3.8) is 0 Å². The van der Waals surface area contributed by atoms with E-state index in [0.717, 1.165) is 6.07 Å². The van der Waals surface area contributed by atoms with Crippen LogP contribution < -0.4 is 0 Å². The molecule has 4 heteroatoms. The molecule has 0 fully saturated rings. The SMILES string of the molecule is CC1=Cc2cc(C)c(F)cc2S1(=O)=O. The second-order valence-electron chi connectivity index (χ2n) is 3.40. The molecule has 74 valence electrons. The van der Waals surface area contributed by atoms with Gasteiger partial charge in [0.1, 0.15) is 5.82 Å². The van der Waals surface area contributed by atoms with Crippen LogP contribution in [0.5, 0.6) is 0 Å². The van der Waals surface area contributed by atoms with Crippen molar-refractivity contribution in [1.82, 2.24) is 0 Å². The summed E-state index contributed by atoms with van der Waals surface area (Å²) < 4.78 is 36.4. The van der Waals surface area contributed by atoms with Gasteiger partial charge in [-0.2, -0.15) is 0 Å². The zero-order valence-corrected chi connectivity index (χ0v) is 8.65. The van der Waals surface area contributed by atoms with Crippen molar-refractivity contribution in [2.45, 2.75) is 18.7 Å². The van der Waals surface area contributed by atoms with E-state index in [1.165, 1.54) is 6.92 Å². The van der Waals surface area contributed by atoms with E-state index in [4.69, 9.17) is 0 Å². The van der Waals surface area contributed by atoms with Crippen LogP contribution in [0.4, 0.5) is 4.39 Å². The van der Waals surface area contributed by atoms with Crippen LogP contribution in [0.1, 0.15) is 18.1 Å². The number of aryl methyl sites for hydroxylation is 1. The van der Waals surface area contributed by atoms with Crippen molar-refractivity contribution in [1.29, 1.82) is 0 Å². The van der Waals surface area contributed by atoms with Gasteiger partial charge in [0.25, 0.3) is 0 Å². The molecule has 1 heterocycles. The van der Waals surface area contributed by atoms with Crippen LogP contribution in [0.3, 0.4) is 0 Å². The minimum absolute atomic E-state index is 0.0816. The maximum Gasteiger partial charge on any atom is 0.203 e. The number of halogens is 1. The molecule has 0 N–H and O–H groups in total. The van der Waals surface area contributed by atoms with Gasteiger partial charge in [0.2, 0.25) is 9.84 Å². The molecule has 0 aromatic heterocycles. The Kier molecular flexibility index (Phi) is 1.79. The summed E-state index contributed by atoms with van der Waals surface area (Å²) in [6.07, 6.45) is 1.57. The smallest absolute Gasteiger partial charge is 0.203 e. The molecular formula is C10H9FO2S. The molecule has 1 aliphatic rings. The zero-order chi connectivity index (χ0) is 10.5. The van der Waals surface area contributed by atoms with Gasteiger partial charge < -0.3 is 0 Å². The number of allylic oxidation sites excluding steroid dienone is 1. The number of sulfone groups is 1. The molecule has 0 bridgehead atoms. The topological polar surface area (TPSA) is 34.1 Å². The fourth-order valence-corrected chi connectivity index (χ4v) is 2.82. The molecule has 0 unspecified atom stereocenters. The first-order valence-electron chi connectivity index (χ1n) is 4.16. The van der Waals surface area contributed by atoms with Crippen molar-refractivity contribution in [3.8, 4) is 0 Å². The molecule has 0 radical (unpaired) electrons. The molecule has 0 aliphatic carbocycles. The van der Waals surface area contributed by atoms with Gasteiger partial charge in [-0.3, -0.25) is 0 Å². The normalized spacial score (nSPS) is 17.8. The van der Waals surface area contributed by atoms with E-state index in [-0.39, 0.29) is 9.80 Å². The molecular weight excluding hydrogens is 203 g/mol. The summed E-state index contributed by atoms with van der Waals surface area (Å²) in [6, 6.07) is 2.64. The number of benzene rings is 1. The minimum atomic E-state index is -3.40. The zero-order valence-electron chi connectivity index (χ0n) is 7.83. The van der Waals surface area contributed by atoms with Crippen LogP contribution in [-0.4, -0.2) is 8.42 Å². The lowest BCUT2D eigenvalue weighted by Gasteiger charge is -2.01. The fraction of sp³-hybridized carbons (Fsp3) is 0.200. The van der Waals surface area contributed by atoms with E-state index in [1.54, 1.807) is 19.1 Å². The minimum Gasteiger partial charge on any atom is -0.219 e. The van der Waals surface area contributed by atoms with Crippen LogP contribution in [0.25, 0.3) is 6.08 Å². The fourth-order valence-electron chi connectivity index (χ4n) is 1.50. The third-order valence-electron chi connectivity index (χ3n) is 2.36. The monoisotopic (exact) mass is 212 g/mol. The summed E-state index contributed by atoms with van der Waals surface area (Å²) in [5.41, 5.74) is 1.05. The van der Waals surface area contributed by atoms with Gasteiger partial charge in [-0.15, -0.1) is 0 Å². The number of hydrogen-bond acceptors (Lipinski definition) is 2. The highest BCUT2D eigenvalue weighted by Crippen LogP contribution is 2.33. The highest BCUT2D eigenvalue weighted by atomic mass is 32.2. The summed E-state index contributed by atoms with van der Waals surface area (Å²) in [7, 11) is -3.40. The molecule has 14 heavy (non-hydrogen) atoms. The Hall–Kier alpha value is -1.16. The van der Waals surface area contributed by atoms with Gasteiger partial charge in [0.15, 0.2) is 0 Å². The number of hydrogen-bond donors (Lipinski definition) is 0. The van der Waals surface area contributed by atoms with E-state index >= 15 is 0 Å². The van der Waals surface area contributed by atoms with E-state index in [2.05, 4.69) is 0 Å². The first-order valence-corrected chi connectivity index (χ1v) is 5.65. The highest BCUT2D eigenvalue weighted by molar-refractivity contribution is 7.95. The molecule has 1 aromatic rings. The van der Waals surface area contributed by atoms with Crippen molar-refractivity contribution in [2.75, 3.05) is 0 Å². The molecule has 0 atom stereocenters. The predicted molar refractivity (Wildman–Crippen MR) is 52.0 cm³/mol. The molecule has 2 rings (SSSR count).